The third-order valence-corrected chi connectivity index (χ3v) is 6.51. The molecule has 9 heteroatoms. The van der Waals surface area contributed by atoms with Gasteiger partial charge < -0.3 is 14.8 Å². The van der Waals surface area contributed by atoms with Gasteiger partial charge in [-0.1, -0.05) is 18.2 Å². The summed E-state index contributed by atoms with van der Waals surface area (Å²) in [5, 5.41) is 2.64. The predicted molar refractivity (Wildman–Crippen MR) is 118 cm³/mol. The summed E-state index contributed by atoms with van der Waals surface area (Å²) in [6.07, 6.45) is -0.433. The van der Waals surface area contributed by atoms with E-state index in [1.807, 2.05) is 24.3 Å². The van der Waals surface area contributed by atoms with Crippen LogP contribution in [0.5, 0.6) is 5.75 Å². The molecule has 168 valence electrons. The minimum Gasteiger partial charge on any atom is -0.497 e. The first kappa shape index (κ1) is 24.4. The number of anilines is 1. The van der Waals surface area contributed by atoms with Crippen molar-refractivity contribution in [2.24, 2.45) is 0 Å². The zero-order valence-electron chi connectivity index (χ0n) is 18.3. The van der Waals surface area contributed by atoms with Gasteiger partial charge in [0.1, 0.15) is 5.75 Å². The molecular formula is C22H28N2O6S. The van der Waals surface area contributed by atoms with Gasteiger partial charge in [0.15, 0.2) is 6.10 Å². The van der Waals surface area contributed by atoms with Gasteiger partial charge in [0.25, 0.3) is 5.91 Å². The van der Waals surface area contributed by atoms with Crippen LogP contribution in [0.3, 0.4) is 0 Å². The van der Waals surface area contributed by atoms with E-state index < -0.39 is 28.0 Å². The fraction of sp³-hybridized carbons (Fsp3) is 0.364. The van der Waals surface area contributed by atoms with Crippen LogP contribution in [0.25, 0.3) is 0 Å². The number of nitrogens with one attached hydrogen (secondary N) is 1. The Morgan fingerprint density at radius 1 is 1.10 bits per heavy atom. The number of carbonyl (C=O) groups is 2. The average molecular weight is 449 g/mol. The van der Waals surface area contributed by atoms with Gasteiger partial charge >= 0.3 is 5.97 Å². The maximum atomic E-state index is 12.5. The number of benzene rings is 2. The van der Waals surface area contributed by atoms with Crippen LogP contribution in [-0.2, 0) is 30.8 Å². The lowest BCUT2D eigenvalue weighted by molar-refractivity contribution is -0.153. The maximum absolute atomic E-state index is 12.5. The number of hydrogen-bond donors (Lipinski definition) is 1. The minimum atomic E-state index is -3.64. The van der Waals surface area contributed by atoms with Gasteiger partial charge in [-0.25, -0.2) is 12.7 Å². The van der Waals surface area contributed by atoms with E-state index in [4.69, 9.17) is 9.47 Å². The summed E-state index contributed by atoms with van der Waals surface area (Å²) in [7, 11) is 0.803. The molecule has 0 aliphatic rings. The van der Waals surface area contributed by atoms with Crippen molar-refractivity contribution in [1.82, 2.24) is 4.31 Å². The Labute approximate surface area is 183 Å². The van der Waals surface area contributed by atoms with Gasteiger partial charge in [0.2, 0.25) is 10.0 Å². The molecule has 2 aromatic carbocycles. The SMILES string of the molecule is COc1ccc(CCC(=O)O[C@H](C)C(=O)Nc2cc(S(=O)(=O)N(C)C)ccc2C)cc1. The second-order valence-corrected chi connectivity index (χ2v) is 9.39. The quantitative estimate of drug-likeness (QED) is 0.592. The van der Waals surface area contributed by atoms with Crippen molar-refractivity contribution >= 4 is 27.6 Å². The number of esters is 1. The summed E-state index contributed by atoms with van der Waals surface area (Å²) in [6.45, 7) is 3.21. The smallest absolute Gasteiger partial charge is 0.306 e. The minimum absolute atomic E-state index is 0.0579. The van der Waals surface area contributed by atoms with Crippen molar-refractivity contribution in [3.8, 4) is 5.75 Å². The molecule has 2 aromatic rings. The second-order valence-electron chi connectivity index (χ2n) is 7.23. The highest BCUT2D eigenvalue weighted by Gasteiger charge is 2.21. The Kier molecular flexibility index (Phi) is 8.18. The standard InChI is InChI=1S/C22H28N2O6S/c1-15-6-12-19(31(27,28)24(3)4)14-20(15)23-22(26)16(2)30-21(25)13-9-17-7-10-18(29-5)11-8-17/h6-8,10-12,14,16H,9,13H2,1-5H3,(H,23,26)/t16-/m1/s1. The lowest BCUT2D eigenvalue weighted by Crippen LogP contribution is -2.30. The van der Waals surface area contributed by atoms with Gasteiger partial charge in [-0.15, -0.1) is 0 Å². The molecule has 31 heavy (non-hydrogen) atoms. The van der Waals surface area contributed by atoms with Crippen LogP contribution in [0, 0.1) is 6.92 Å². The molecule has 0 heterocycles. The number of amides is 1. The summed E-state index contributed by atoms with van der Waals surface area (Å²) in [6, 6.07) is 11.8. The Morgan fingerprint density at radius 3 is 2.32 bits per heavy atom. The van der Waals surface area contributed by atoms with E-state index in [0.717, 1.165) is 15.6 Å². The number of nitrogens with zero attached hydrogens (tertiary/aromatic N) is 1. The zero-order valence-corrected chi connectivity index (χ0v) is 19.2. The van der Waals surface area contributed by atoms with Gasteiger partial charge in [0.05, 0.1) is 12.0 Å². The second kappa shape index (κ2) is 10.4. The lowest BCUT2D eigenvalue weighted by Gasteiger charge is -2.17. The highest BCUT2D eigenvalue weighted by molar-refractivity contribution is 7.89. The largest absolute Gasteiger partial charge is 0.497 e. The summed E-state index contributed by atoms with van der Waals surface area (Å²) >= 11 is 0. The molecule has 0 aliphatic carbocycles. The zero-order chi connectivity index (χ0) is 23.2. The summed E-state index contributed by atoms with van der Waals surface area (Å²) < 4.78 is 36.1. The van der Waals surface area contributed by atoms with Crippen LogP contribution in [-0.4, -0.2) is 51.9 Å². The first-order valence-electron chi connectivity index (χ1n) is 9.71. The number of carbonyl (C=O) groups excluding carboxylic acids is 2. The molecule has 1 amide bonds. The van der Waals surface area contributed by atoms with Crippen molar-refractivity contribution in [3.63, 3.8) is 0 Å². The number of ether oxygens (including phenoxy) is 2. The maximum Gasteiger partial charge on any atom is 0.306 e. The number of rotatable bonds is 9. The molecule has 0 saturated heterocycles. The first-order valence-corrected chi connectivity index (χ1v) is 11.1. The highest BCUT2D eigenvalue weighted by atomic mass is 32.2. The molecule has 0 saturated carbocycles. The monoisotopic (exact) mass is 448 g/mol. The highest BCUT2D eigenvalue weighted by Crippen LogP contribution is 2.22. The fourth-order valence-electron chi connectivity index (χ4n) is 2.69. The normalized spacial score (nSPS) is 12.3. The van der Waals surface area contributed by atoms with Gasteiger partial charge in [0, 0.05) is 26.2 Å². The molecule has 2 rings (SSSR count). The Hall–Kier alpha value is -2.91. The molecule has 0 radical (unpaired) electrons. The molecule has 0 aliphatic heterocycles. The molecule has 8 nitrogen and oxygen atoms in total. The van der Waals surface area contributed by atoms with Crippen molar-refractivity contribution in [1.29, 1.82) is 0 Å². The number of hydrogen-bond acceptors (Lipinski definition) is 6. The van der Waals surface area contributed by atoms with Gasteiger partial charge in [-0.05, 0) is 55.7 Å². The van der Waals surface area contributed by atoms with Crippen molar-refractivity contribution in [3.05, 3.63) is 53.6 Å². The number of sulfonamides is 1. The van der Waals surface area contributed by atoms with E-state index in [0.29, 0.717) is 17.7 Å². The molecule has 0 unspecified atom stereocenters. The van der Waals surface area contributed by atoms with Gasteiger partial charge in [-0.3, -0.25) is 9.59 Å². The van der Waals surface area contributed by atoms with Crippen LogP contribution in [0.4, 0.5) is 5.69 Å². The number of aryl methyl sites for hydroxylation is 2. The first-order chi connectivity index (χ1) is 14.5. The Balaban J connectivity index is 1.96. The summed E-state index contributed by atoms with van der Waals surface area (Å²) in [4.78, 5) is 24.7. The van der Waals surface area contributed by atoms with Crippen molar-refractivity contribution in [2.45, 2.75) is 37.7 Å². The fourth-order valence-corrected chi connectivity index (χ4v) is 3.62. The van der Waals surface area contributed by atoms with Gasteiger partial charge in [-0.2, -0.15) is 0 Å². The van der Waals surface area contributed by atoms with Crippen LogP contribution < -0.4 is 10.1 Å². The molecule has 1 atom stereocenters. The van der Waals surface area contributed by atoms with Crippen LogP contribution >= 0.6 is 0 Å². The van der Waals surface area contributed by atoms with Crippen molar-refractivity contribution < 1.29 is 27.5 Å². The summed E-state index contributed by atoms with van der Waals surface area (Å²) in [5.41, 5.74) is 1.97. The third-order valence-electron chi connectivity index (χ3n) is 4.70. The van der Waals surface area contributed by atoms with E-state index in [1.165, 1.54) is 33.2 Å². The molecule has 0 aromatic heterocycles. The Morgan fingerprint density at radius 2 is 1.74 bits per heavy atom. The number of methoxy groups -OCH3 is 1. The third kappa shape index (κ3) is 6.53. The van der Waals surface area contributed by atoms with E-state index in [1.54, 1.807) is 20.1 Å². The molecule has 0 bridgehead atoms. The molecule has 0 fully saturated rings. The molecule has 1 N–H and O–H groups in total. The van der Waals surface area contributed by atoms with E-state index >= 15 is 0 Å². The van der Waals surface area contributed by atoms with Crippen molar-refractivity contribution in [2.75, 3.05) is 26.5 Å². The predicted octanol–water partition coefficient (Wildman–Crippen LogP) is 2.76. The topological polar surface area (TPSA) is 102 Å². The summed E-state index contributed by atoms with van der Waals surface area (Å²) in [5.74, 6) is -0.311. The molecular weight excluding hydrogens is 420 g/mol. The van der Waals surface area contributed by atoms with Crippen LogP contribution in [0.2, 0.25) is 0 Å². The van der Waals surface area contributed by atoms with E-state index in [-0.39, 0.29) is 11.3 Å². The van der Waals surface area contributed by atoms with Crippen LogP contribution in [0.1, 0.15) is 24.5 Å². The van der Waals surface area contributed by atoms with E-state index in [2.05, 4.69) is 5.32 Å². The average Bonchev–Trinajstić information content (AvgIpc) is 2.73. The Bertz CT molecular complexity index is 1030. The lowest BCUT2D eigenvalue weighted by atomic mass is 10.1. The van der Waals surface area contributed by atoms with Crippen LogP contribution in [0.15, 0.2) is 47.4 Å². The van der Waals surface area contributed by atoms with E-state index in [9.17, 15) is 18.0 Å². The molecule has 0 spiro atoms.